The van der Waals surface area contributed by atoms with E-state index in [1.54, 1.807) is 0 Å². The molecule has 1 aliphatic carbocycles. The minimum absolute atomic E-state index is 0.291. The fraction of sp³-hybridized carbons (Fsp3) is 0.533. The predicted molar refractivity (Wildman–Crippen MR) is 86.4 cm³/mol. The van der Waals surface area contributed by atoms with E-state index in [-0.39, 0.29) is 0 Å². The topological polar surface area (TPSA) is 98.9 Å². The summed E-state index contributed by atoms with van der Waals surface area (Å²) in [6.45, 7) is 3.69. The smallest absolute Gasteiger partial charge is 0.222 e. The van der Waals surface area contributed by atoms with Crippen LogP contribution in [0.25, 0.3) is 0 Å². The van der Waals surface area contributed by atoms with Crippen molar-refractivity contribution in [2.75, 3.05) is 17.7 Å². The van der Waals surface area contributed by atoms with Crippen molar-refractivity contribution in [1.82, 2.24) is 19.5 Å². The van der Waals surface area contributed by atoms with Crippen molar-refractivity contribution >= 4 is 11.8 Å². The molecular weight excluding hydrogens is 278 g/mol. The molecule has 4 N–H and O–H groups in total. The zero-order chi connectivity index (χ0) is 15.7. The normalized spacial score (nSPS) is 20.7. The fourth-order valence-electron chi connectivity index (χ4n) is 2.85. The number of nitrogens with zero attached hydrogens (tertiary/aromatic N) is 5. The molecule has 7 heteroatoms. The van der Waals surface area contributed by atoms with Crippen LogP contribution in [0.2, 0.25) is 0 Å². The second-order valence-electron chi connectivity index (χ2n) is 5.92. The number of aryl methyl sites for hydroxylation is 1. The van der Waals surface area contributed by atoms with Crippen molar-refractivity contribution in [2.45, 2.75) is 44.8 Å². The zero-order valence-corrected chi connectivity index (χ0v) is 13.1. The lowest BCUT2D eigenvalue weighted by Gasteiger charge is -2.32. The number of rotatable bonds is 5. The highest BCUT2D eigenvalue weighted by Crippen LogP contribution is 2.35. The van der Waals surface area contributed by atoms with Gasteiger partial charge in [0.1, 0.15) is 11.6 Å². The van der Waals surface area contributed by atoms with Gasteiger partial charge in [-0.3, -0.25) is 0 Å². The lowest BCUT2D eigenvalue weighted by atomic mass is 9.78. The van der Waals surface area contributed by atoms with E-state index in [4.69, 9.17) is 11.5 Å². The molecule has 1 saturated carbocycles. The van der Waals surface area contributed by atoms with Crippen molar-refractivity contribution in [3.05, 3.63) is 30.0 Å². The first-order chi connectivity index (χ1) is 10.6. The number of nitrogen functional groups attached to an aromatic ring is 1. The Hall–Kier alpha value is -2.15. The molecule has 0 amide bonds. The van der Waals surface area contributed by atoms with E-state index in [0.717, 1.165) is 36.7 Å². The average Bonchev–Trinajstić information content (AvgIpc) is 2.90. The molecule has 0 unspecified atom stereocenters. The van der Waals surface area contributed by atoms with Crippen LogP contribution in [0.5, 0.6) is 0 Å². The van der Waals surface area contributed by atoms with Gasteiger partial charge in [0.25, 0.3) is 0 Å². The molecular formula is C15H23N7. The Bertz CT molecular complexity index is 645. The Morgan fingerprint density at radius 3 is 2.82 bits per heavy atom. The Balaban J connectivity index is 1.78. The molecule has 2 aromatic heterocycles. The van der Waals surface area contributed by atoms with Crippen LogP contribution in [-0.4, -0.2) is 32.6 Å². The third-order valence-corrected chi connectivity index (χ3v) is 4.25. The molecule has 0 aliphatic heterocycles. The van der Waals surface area contributed by atoms with Gasteiger partial charge in [-0.25, -0.2) is 9.97 Å². The van der Waals surface area contributed by atoms with E-state index >= 15 is 0 Å². The summed E-state index contributed by atoms with van der Waals surface area (Å²) in [7, 11) is 1.99. The van der Waals surface area contributed by atoms with Crippen molar-refractivity contribution < 1.29 is 0 Å². The minimum Gasteiger partial charge on any atom is -0.368 e. The lowest BCUT2D eigenvalue weighted by molar-refractivity contribution is 0.345. The highest BCUT2D eigenvalue weighted by molar-refractivity contribution is 5.44. The van der Waals surface area contributed by atoms with Crippen molar-refractivity contribution in [2.24, 2.45) is 5.73 Å². The van der Waals surface area contributed by atoms with Crippen molar-refractivity contribution in [3.8, 4) is 0 Å². The van der Waals surface area contributed by atoms with E-state index in [0.29, 0.717) is 24.5 Å². The third-order valence-electron chi connectivity index (χ3n) is 4.25. The molecule has 22 heavy (non-hydrogen) atoms. The van der Waals surface area contributed by atoms with Gasteiger partial charge in [-0.05, 0) is 19.8 Å². The van der Waals surface area contributed by atoms with Crippen LogP contribution in [0, 0.1) is 0 Å². The van der Waals surface area contributed by atoms with Gasteiger partial charge in [0, 0.05) is 44.0 Å². The first-order valence-corrected chi connectivity index (χ1v) is 7.68. The number of hydrogen-bond donors (Lipinski definition) is 2. The molecule has 1 aliphatic rings. The molecule has 1 fully saturated rings. The molecule has 3 rings (SSSR count). The Kier molecular flexibility index (Phi) is 3.98. The van der Waals surface area contributed by atoms with Gasteiger partial charge in [-0.2, -0.15) is 4.98 Å². The maximum atomic E-state index is 5.88. The summed E-state index contributed by atoms with van der Waals surface area (Å²) in [5.74, 6) is 2.56. The van der Waals surface area contributed by atoms with Crippen LogP contribution in [0.15, 0.2) is 18.5 Å². The number of imidazole rings is 1. The van der Waals surface area contributed by atoms with Gasteiger partial charge >= 0.3 is 0 Å². The quantitative estimate of drug-likeness (QED) is 0.858. The molecule has 0 bridgehead atoms. The Labute approximate surface area is 130 Å². The molecule has 2 heterocycles. The molecule has 0 radical (unpaired) electrons. The van der Waals surface area contributed by atoms with Gasteiger partial charge in [-0.1, -0.05) is 0 Å². The van der Waals surface area contributed by atoms with Gasteiger partial charge in [-0.15, -0.1) is 0 Å². The molecule has 0 saturated heterocycles. The molecule has 0 aromatic carbocycles. The van der Waals surface area contributed by atoms with Gasteiger partial charge in [0.15, 0.2) is 0 Å². The van der Waals surface area contributed by atoms with Crippen LogP contribution in [0.4, 0.5) is 11.8 Å². The van der Waals surface area contributed by atoms with Crippen LogP contribution in [-0.2, 0) is 13.1 Å². The zero-order valence-electron chi connectivity index (χ0n) is 13.1. The summed E-state index contributed by atoms with van der Waals surface area (Å²) in [6, 6.07) is 2.31. The second kappa shape index (κ2) is 5.92. The van der Waals surface area contributed by atoms with Crippen LogP contribution in [0.1, 0.15) is 37.2 Å². The van der Waals surface area contributed by atoms with Gasteiger partial charge in [0.2, 0.25) is 5.95 Å². The Morgan fingerprint density at radius 2 is 2.14 bits per heavy atom. The summed E-state index contributed by atoms with van der Waals surface area (Å²) in [6.07, 6.45) is 5.75. The molecule has 2 aromatic rings. The maximum absolute atomic E-state index is 5.88. The van der Waals surface area contributed by atoms with Crippen LogP contribution < -0.4 is 16.4 Å². The highest BCUT2D eigenvalue weighted by Gasteiger charge is 2.29. The number of nitrogens with two attached hydrogens (primary N) is 2. The van der Waals surface area contributed by atoms with Crippen molar-refractivity contribution in [1.29, 1.82) is 0 Å². The summed E-state index contributed by atoms with van der Waals surface area (Å²) in [5, 5.41) is 0. The fourth-order valence-corrected chi connectivity index (χ4v) is 2.85. The summed E-state index contributed by atoms with van der Waals surface area (Å²) < 4.78 is 2.12. The second-order valence-corrected chi connectivity index (χ2v) is 5.92. The number of aromatic nitrogens is 4. The first kappa shape index (κ1) is 14.8. The highest BCUT2D eigenvalue weighted by atomic mass is 15.2. The largest absolute Gasteiger partial charge is 0.368 e. The lowest BCUT2D eigenvalue weighted by Crippen LogP contribution is -2.35. The SMILES string of the molecule is CCn1ccnc1CN(C)c1cc(C2CC(N)C2)nc(N)n1. The van der Waals surface area contributed by atoms with Gasteiger partial charge < -0.3 is 20.9 Å². The first-order valence-electron chi connectivity index (χ1n) is 7.68. The minimum atomic E-state index is 0.291. The molecule has 0 spiro atoms. The molecule has 0 atom stereocenters. The van der Waals surface area contributed by atoms with E-state index in [9.17, 15) is 0 Å². The Morgan fingerprint density at radius 1 is 1.36 bits per heavy atom. The van der Waals surface area contributed by atoms with E-state index in [1.165, 1.54) is 0 Å². The molecule has 7 nitrogen and oxygen atoms in total. The maximum Gasteiger partial charge on any atom is 0.222 e. The third kappa shape index (κ3) is 2.89. The van der Waals surface area contributed by atoms with Crippen LogP contribution in [0.3, 0.4) is 0 Å². The van der Waals surface area contributed by atoms with E-state index in [2.05, 4.69) is 31.3 Å². The predicted octanol–water partition coefficient (Wildman–Crippen LogP) is 1.12. The standard InChI is InChI=1S/C15H23N7/c1-3-22-5-4-18-14(22)9-21(2)13-8-12(19-15(17)20-13)10-6-11(16)7-10/h4-5,8,10-11H,3,6-7,9,16H2,1-2H3,(H2,17,19,20). The molecule has 118 valence electrons. The van der Waals surface area contributed by atoms with Gasteiger partial charge in [0.05, 0.1) is 12.2 Å². The van der Waals surface area contributed by atoms with E-state index < -0.39 is 0 Å². The number of hydrogen-bond acceptors (Lipinski definition) is 6. The van der Waals surface area contributed by atoms with Crippen molar-refractivity contribution in [3.63, 3.8) is 0 Å². The monoisotopic (exact) mass is 301 g/mol. The summed E-state index contributed by atoms with van der Waals surface area (Å²) in [4.78, 5) is 15.2. The van der Waals surface area contributed by atoms with Crippen LogP contribution >= 0.6 is 0 Å². The number of anilines is 2. The average molecular weight is 301 g/mol. The summed E-state index contributed by atoms with van der Waals surface area (Å²) >= 11 is 0. The summed E-state index contributed by atoms with van der Waals surface area (Å²) in [5.41, 5.74) is 12.7. The van der Waals surface area contributed by atoms with E-state index in [1.807, 2.05) is 25.5 Å².